The van der Waals surface area contributed by atoms with Gasteiger partial charge in [0.2, 0.25) is 0 Å². The van der Waals surface area contributed by atoms with E-state index in [0.29, 0.717) is 34.3 Å². The summed E-state index contributed by atoms with van der Waals surface area (Å²) >= 11 is 0. The summed E-state index contributed by atoms with van der Waals surface area (Å²) in [5, 5.41) is 39.2. The third-order valence-electron chi connectivity index (χ3n) is 12.6. The summed E-state index contributed by atoms with van der Waals surface area (Å²) in [5.41, 5.74) is 9.13. The van der Waals surface area contributed by atoms with Gasteiger partial charge in [0.1, 0.15) is 18.3 Å². The van der Waals surface area contributed by atoms with E-state index < -0.39 is 0 Å². The van der Waals surface area contributed by atoms with Crippen LogP contribution in [0.1, 0.15) is 86.6 Å². The second-order valence-electron chi connectivity index (χ2n) is 16.2. The lowest BCUT2D eigenvalue weighted by Gasteiger charge is -2.37. The van der Waals surface area contributed by atoms with E-state index in [-0.39, 0.29) is 12.0 Å². The molecule has 4 aromatic heterocycles. The Morgan fingerprint density at radius 1 is 1.04 bits per heavy atom. The number of piperazine rings is 1. The summed E-state index contributed by atoms with van der Waals surface area (Å²) in [6.45, 7) is 16.0. The predicted octanol–water partition coefficient (Wildman–Crippen LogP) is 6.92. The van der Waals surface area contributed by atoms with Gasteiger partial charge in [-0.3, -0.25) is 4.90 Å². The van der Waals surface area contributed by atoms with Gasteiger partial charge in [0, 0.05) is 61.1 Å². The highest BCUT2D eigenvalue weighted by Gasteiger charge is 2.34. The fourth-order valence-electron chi connectivity index (χ4n) is 9.11. The van der Waals surface area contributed by atoms with Crippen LogP contribution in [0, 0.1) is 28.6 Å². The van der Waals surface area contributed by atoms with Crippen molar-refractivity contribution in [1.29, 1.82) is 10.5 Å². The minimum Gasteiger partial charge on any atom is -0.370 e. The van der Waals surface area contributed by atoms with Gasteiger partial charge in [0.05, 0.1) is 41.6 Å². The van der Waals surface area contributed by atoms with E-state index in [1.54, 1.807) is 34.0 Å². The van der Waals surface area contributed by atoms with E-state index in [1.165, 1.54) is 55.2 Å². The highest BCUT2D eigenvalue weighted by molar-refractivity contribution is 5.77. The zero-order valence-electron chi connectivity index (χ0n) is 32.9. The Morgan fingerprint density at radius 3 is 2.67 bits per heavy atom. The SMILES string of the molecule is C=CNC(=C)CCC1(C)CCc2cc(N3CCN(CCC4CCC(c5cn(-c6cnc(-n7ncc8cc(C#N)cnc87)cc6NCC#N)nn5)CC4)CC3)ccc21. The summed E-state index contributed by atoms with van der Waals surface area (Å²) in [4.78, 5) is 14.3. The van der Waals surface area contributed by atoms with Crippen LogP contribution < -0.4 is 15.5 Å². The summed E-state index contributed by atoms with van der Waals surface area (Å²) < 4.78 is 3.37. The van der Waals surface area contributed by atoms with Gasteiger partial charge in [-0.25, -0.2) is 14.6 Å². The fraction of sp³-hybridized carbons (Fsp3) is 0.432. The molecule has 1 aromatic carbocycles. The number of nitriles is 2. The molecule has 0 bridgehead atoms. The molecule has 0 radical (unpaired) electrons. The lowest BCUT2D eigenvalue weighted by Crippen LogP contribution is -2.47. The second-order valence-corrected chi connectivity index (χ2v) is 16.2. The largest absolute Gasteiger partial charge is 0.370 e. The van der Waals surface area contributed by atoms with Crippen LogP contribution in [-0.4, -0.2) is 78.9 Å². The van der Waals surface area contributed by atoms with Crippen LogP contribution in [0.2, 0.25) is 0 Å². The van der Waals surface area contributed by atoms with Crippen LogP contribution in [0.25, 0.3) is 22.5 Å². The third-order valence-corrected chi connectivity index (χ3v) is 12.6. The summed E-state index contributed by atoms with van der Waals surface area (Å²) in [6, 6.07) is 15.1. The first-order chi connectivity index (χ1) is 27.8. The lowest BCUT2D eigenvalue weighted by atomic mass is 9.79. The van der Waals surface area contributed by atoms with Crippen molar-refractivity contribution in [1.82, 2.24) is 45.0 Å². The summed E-state index contributed by atoms with van der Waals surface area (Å²) in [6.07, 6.45) is 18.9. The molecule has 8 rings (SSSR count). The van der Waals surface area contributed by atoms with Crippen LogP contribution in [-0.2, 0) is 11.8 Å². The Hall–Kier alpha value is -6.05. The van der Waals surface area contributed by atoms with Crippen LogP contribution in [0.4, 0.5) is 11.4 Å². The molecule has 1 saturated heterocycles. The number of aryl methyl sites for hydroxylation is 1. The molecule has 1 aliphatic heterocycles. The molecule has 2 fully saturated rings. The Kier molecular flexibility index (Phi) is 11.0. The molecular formula is C44H51N13. The summed E-state index contributed by atoms with van der Waals surface area (Å²) in [5.74, 6) is 1.65. The van der Waals surface area contributed by atoms with Crippen molar-refractivity contribution in [3.8, 4) is 23.6 Å². The van der Waals surface area contributed by atoms with Crippen molar-refractivity contribution >= 4 is 22.4 Å². The van der Waals surface area contributed by atoms with E-state index in [2.05, 4.69) is 96.2 Å². The van der Waals surface area contributed by atoms with Gasteiger partial charge in [-0.15, -0.1) is 5.10 Å². The number of pyridine rings is 2. The Morgan fingerprint density at radius 2 is 1.88 bits per heavy atom. The first kappa shape index (κ1) is 37.9. The molecule has 1 atom stereocenters. The maximum Gasteiger partial charge on any atom is 0.164 e. The van der Waals surface area contributed by atoms with Gasteiger partial charge in [-0.1, -0.05) is 31.4 Å². The topological polar surface area (TPSA) is 152 Å². The van der Waals surface area contributed by atoms with Crippen LogP contribution in [0.3, 0.4) is 0 Å². The van der Waals surface area contributed by atoms with E-state index in [4.69, 9.17) is 0 Å². The normalized spacial score (nSPS) is 20.8. The number of nitrogens with zero attached hydrogens (tertiary/aromatic N) is 11. The van der Waals surface area contributed by atoms with Crippen LogP contribution >= 0.6 is 0 Å². The first-order valence-electron chi connectivity index (χ1n) is 20.3. The minimum absolute atomic E-state index is 0.114. The van der Waals surface area contributed by atoms with Crippen molar-refractivity contribution < 1.29 is 0 Å². The standard InChI is InChI=1S/C44H51N13/c1-4-47-31(2)11-14-44(3)15-12-35-24-37(9-10-38(35)44)55-21-19-54(20-22-55)18-13-32-5-7-34(8-6-32)40-30-56(53-52-40)41-29-49-42(25-39(41)48-17-16-45)57-43-36(28-51-57)23-33(26-46)27-50-43/h4,9-10,23-25,27-30,32,34,47H,1-2,5-8,11-15,17-22H2,3H3,(H,48,49). The molecule has 292 valence electrons. The zero-order valence-corrected chi connectivity index (χ0v) is 32.9. The zero-order chi connectivity index (χ0) is 39.4. The molecule has 5 heterocycles. The molecule has 13 nitrogen and oxygen atoms in total. The van der Waals surface area contributed by atoms with Crippen molar-refractivity contribution in [3.63, 3.8) is 0 Å². The van der Waals surface area contributed by atoms with Crippen molar-refractivity contribution in [2.24, 2.45) is 5.92 Å². The number of hydrogen-bond acceptors (Lipinski definition) is 11. The quantitative estimate of drug-likeness (QED) is 0.113. The Labute approximate surface area is 334 Å². The van der Waals surface area contributed by atoms with Crippen molar-refractivity contribution in [3.05, 3.63) is 103 Å². The highest BCUT2D eigenvalue weighted by Crippen LogP contribution is 2.44. The van der Waals surface area contributed by atoms with Crippen molar-refractivity contribution in [2.75, 3.05) is 49.5 Å². The molecule has 0 spiro atoms. The molecule has 5 aromatic rings. The molecule has 3 aliphatic rings. The smallest absolute Gasteiger partial charge is 0.164 e. The lowest BCUT2D eigenvalue weighted by molar-refractivity contribution is 0.216. The Balaban J connectivity index is 0.820. The second kappa shape index (κ2) is 16.6. The average molecular weight is 762 g/mol. The van der Waals surface area contributed by atoms with Crippen LogP contribution in [0.15, 0.2) is 80.2 Å². The number of nitrogens with one attached hydrogen (secondary N) is 2. The predicted molar refractivity (Wildman–Crippen MR) is 222 cm³/mol. The van der Waals surface area contributed by atoms with E-state index in [9.17, 15) is 10.5 Å². The van der Waals surface area contributed by atoms with E-state index >= 15 is 0 Å². The monoisotopic (exact) mass is 761 g/mol. The maximum atomic E-state index is 9.34. The molecule has 0 amide bonds. The number of aromatic nitrogens is 7. The third kappa shape index (κ3) is 8.12. The number of benzene rings is 1. The Bertz CT molecular complexity index is 2330. The van der Waals surface area contributed by atoms with Gasteiger partial charge < -0.3 is 15.5 Å². The molecule has 2 aliphatic carbocycles. The number of hydrogen-bond donors (Lipinski definition) is 2. The fourth-order valence-corrected chi connectivity index (χ4v) is 9.11. The maximum absolute atomic E-state index is 9.34. The number of fused-ring (bicyclic) bond motifs is 2. The minimum atomic E-state index is 0.114. The summed E-state index contributed by atoms with van der Waals surface area (Å²) in [7, 11) is 0. The average Bonchev–Trinajstić information content (AvgIpc) is 3.99. The van der Waals surface area contributed by atoms with Crippen molar-refractivity contribution in [2.45, 2.75) is 76.0 Å². The van der Waals surface area contributed by atoms with Gasteiger partial charge in [-0.2, -0.15) is 20.3 Å². The molecule has 1 saturated carbocycles. The molecule has 2 N–H and O–H groups in total. The first-order valence-corrected chi connectivity index (χ1v) is 20.3. The number of allylic oxidation sites excluding steroid dienone is 1. The van der Waals surface area contributed by atoms with E-state index in [1.807, 2.05) is 12.3 Å². The van der Waals surface area contributed by atoms with Gasteiger partial charge in [0.15, 0.2) is 11.5 Å². The highest BCUT2D eigenvalue weighted by atomic mass is 15.4. The molecule has 13 heteroatoms. The number of rotatable bonds is 14. The number of anilines is 2. The van der Waals surface area contributed by atoms with Gasteiger partial charge in [0.25, 0.3) is 0 Å². The van der Waals surface area contributed by atoms with Gasteiger partial charge >= 0.3 is 0 Å². The molecular weight excluding hydrogens is 711 g/mol. The molecule has 57 heavy (non-hydrogen) atoms. The van der Waals surface area contributed by atoms with Gasteiger partial charge in [-0.05, 0) is 111 Å². The molecule has 1 unspecified atom stereocenters. The van der Waals surface area contributed by atoms with Crippen LogP contribution in [0.5, 0.6) is 0 Å². The van der Waals surface area contributed by atoms with E-state index in [0.717, 1.165) is 81.0 Å².